The summed E-state index contributed by atoms with van der Waals surface area (Å²) < 4.78 is 13.6. The van der Waals surface area contributed by atoms with Crippen molar-refractivity contribution in [2.24, 2.45) is 0 Å². The van der Waals surface area contributed by atoms with E-state index in [4.69, 9.17) is 16.7 Å². The van der Waals surface area contributed by atoms with E-state index in [0.717, 1.165) is 6.08 Å². The molecule has 0 saturated carbocycles. The van der Waals surface area contributed by atoms with Crippen LogP contribution in [0.25, 0.3) is 6.08 Å². The topological polar surface area (TPSA) is 57.6 Å². The van der Waals surface area contributed by atoms with Crippen LogP contribution in [0.1, 0.15) is 12.5 Å². The normalized spacial score (nSPS) is 22.0. The molecule has 0 aliphatic carbocycles. The second-order valence-electron chi connectivity index (χ2n) is 4.50. The Kier molecular flexibility index (Phi) is 4.90. The van der Waals surface area contributed by atoms with Gasteiger partial charge in [0, 0.05) is 17.4 Å². The maximum Gasteiger partial charge on any atom is 0.327 e. The predicted molar refractivity (Wildman–Crippen MR) is 80.6 cm³/mol. The maximum atomic E-state index is 13.6. The highest BCUT2D eigenvalue weighted by molar-refractivity contribution is 8.00. The summed E-state index contributed by atoms with van der Waals surface area (Å²) >= 11 is 7.25. The zero-order valence-corrected chi connectivity index (χ0v) is 12.7. The smallest absolute Gasteiger partial charge is 0.327 e. The molecule has 1 heterocycles. The molecule has 2 atom stereocenters. The molecule has 1 N–H and O–H groups in total. The summed E-state index contributed by atoms with van der Waals surface area (Å²) in [7, 11) is 0. The number of halogens is 2. The largest absolute Gasteiger partial charge is 0.480 e. The quantitative estimate of drug-likeness (QED) is 0.866. The average molecular weight is 330 g/mol. The average Bonchev–Trinajstić information content (AvgIpc) is 2.80. The third kappa shape index (κ3) is 3.39. The number of rotatable bonds is 3. The fourth-order valence-corrected chi connectivity index (χ4v) is 3.48. The summed E-state index contributed by atoms with van der Waals surface area (Å²) in [5.41, 5.74) is 0.110. The van der Waals surface area contributed by atoms with Gasteiger partial charge in [0.2, 0.25) is 5.91 Å². The molecule has 2 unspecified atom stereocenters. The number of carbonyl (C=O) groups excluding carboxylic acids is 1. The third-order valence-electron chi connectivity index (χ3n) is 3.15. The summed E-state index contributed by atoms with van der Waals surface area (Å²) in [6, 6.07) is 3.36. The van der Waals surface area contributed by atoms with Crippen molar-refractivity contribution in [1.82, 2.24) is 4.90 Å². The van der Waals surface area contributed by atoms with E-state index in [2.05, 4.69) is 0 Å². The van der Waals surface area contributed by atoms with Crippen LogP contribution in [-0.4, -0.2) is 39.1 Å². The van der Waals surface area contributed by atoms with Gasteiger partial charge in [-0.1, -0.05) is 17.7 Å². The number of carboxylic acids is 1. The van der Waals surface area contributed by atoms with Crippen molar-refractivity contribution in [3.63, 3.8) is 0 Å². The number of amides is 1. The molecule has 1 aromatic rings. The Bertz CT molecular complexity index is 588. The second kappa shape index (κ2) is 6.49. The van der Waals surface area contributed by atoms with Gasteiger partial charge in [0.05, 0.1) is 10.4 Å². The summed E-state index contributed by atoms with van der Waals surface area (Å²) in [6.45, 7) is 1.76. The molecular formula is C14H13ClFNO3S. The minimum atomic E-state index is -1.04. The monoisotopic (exact) mass is 329 g/mol. The minimum absolute atomic E-state index is 0.110. The summed E-state index contributed by atoms with van der Waals surface area (Å²) in [4.78, 5) is 24.6. The number of hydrogen-bond donors (Lipinski definition) is 1. The number of carbonyl (C=O) groups is 2. The first-order valence-electron chi connectivity index (χ1n) is 6.20. The lowest BCUT2D eigenvalue weighted by molar-refractivity contribution is -0.147. The molecule has 4 nitrogen and oxygen atoms in total. The van der Waals surface area contributed by atoms with E-state index < -0.39 is 23.7 Å². The molecule has 0 bridgehead atoms. The number of thioether (sulfide) groups is 1. The Hall–Kier alpha value is -1.53. The first-order valence-corrected chi connectivity index (χ1v) is 7.63. The summed E-state index contributed by atoms with van der Waals surface area (Å²) in [5, 5.41) is 9.07. The standard InChI is InChI=1S/C14H13ClFNO3S/c1-8-17(12(7-21-8)14(19)20)13(18)6-5-9-10(15)3-2-4-11(9)16/h2-6,8,12H,7H2,1H3,(H,19,20). The lowest BCUT2D eigenvalue weighted by atomic mass is 10.2. The van der Waals surface area contributed by atoms with E-state index in [9.17, 15) is 14.0 Å². The number of hydrogen-bond acceptors (Lipinski definition) is 3. The summed E-state index contributed by atoms with van der Waals surface area (Å²) in [6.07, 6.45) is 2.43. The Morgan fingerprint density at radius 1 is 1.52 bits per heavy atom. The molecule has 0 aromatic heterocycles. The Labute approximate surface area is 130 Å². The number of carboxylic acid groups (broad SMARTS) is 1. The number of aliphatic carboxylic acids is 1. The van der Waals surface area contributed by atoms with Gasteiger partial charge in [-0.05, 0) is 25.1 Å². The minimum Gasteiger partial charge on any atom is -0.480 e. The zero-order chi connectivity index (χ0) is 15.6. The molecule has 1 saturated heterocycles. The van der Waals surface area contributed by atoms with Crippen LogP contribution in [0, 0.1) is 5.82 Å². The SMILES string of the molecule is CC1SCC(C(=O)O)N1C(=O)C=Cc1c(F)cccc1Cl. The van der Waals surface area contributed by atoms with Gasteiger partial charge < -0.3 is 10.0 Å². The van der Waals surface area contributed by atoms with E-state index in [1.54, 1.807) is 6.92 Å². The Morgan fingerprint density at radius 2 is 2.24 bits per heavy atom. The van der Waals surface area contributed by atoms with Gasteiger partial charge >= 0.3 is 5.97 Å². The van der Waals surface area contributed by atoms with E-state index in [-0.39, 0.29) is 16.0 Å². The van der Waals surface area contributed by atoms with Crippen molar-refractivity contribution in [2.75, 3.05) is 5.75 Å². The fraction of sp³-hybridized carbons (Fsp3) is 0.286. The van der Waals surface area contributed by atoms with E-state index in [0.29, 0.717) is 5.75 Å². The van der Waals surface area contributed by atoms with Crippen LogP contribution in [0.4, 0.5) is 4.39 Å². The van der Waals surface area contributed by atoms with Gasteiger partial charge in [0.1, 0.15) is 11.9 Å². The van der Waals surface area contributed by atoms with Crippen LogP contribution in [0.3, 0.4) is 0 Å². The van der Waals surface area contributed by atoms with E-state index in [1.165, 1.54) is 40.9 Å². The molecular weight excluding hydrogens is 317 g/mol. The van der Waals surface area contributed by atoms with Crippen LogP contribution >= 0.6 is 23.4 Å². The number of nitrogens with zero attached hydrogens (tertiary/aromatic N) is 1. The van der Waals surface area contributed by atoms with Gasteiger partial charge in [-0.3, -0.25) is 4.79 Å². The van der Waals surface area contributed by atoms with Crippen LogP contribution in [0.15, 0.2) is 24.3 Å². The highest BCUT2D eigenvalue weighted by atomic mass is 35.5. The lowest BCUT2D eigenvalue weighted by Gasteiger charge is -2.23. The third-order valence-corrected chi connectivity index (χ3v) is 4.70. The van der Waals surface area contributed by atoms with Gasteiger partial charge in [0.25, 0.3) is 0 Å². The molecule has 1 fully saturated rings. The van der Waals surface area contributed by atoms with Crippen molar-refractivity contribution in [1.29, 1.82) is 0 Å². The molecule has 1 aliphatic rings. The Balaban J connectivity index is 2.21. The Morgan fingerprint density at radius 3 is 2.86 bits per heavy atom. The van der Waals surface area contributed by atoms with Crippen LogP contribution in [0.2, 0.25) is 5.02 Å². The molecule has 0 radical (unpaired) electrons. The van der Waals surface area contributed by atoms with Gasteiger partial charge in [-0.15, -0.1) is 11.8 Å². The molecule has 21 heavy (non-hydrogen) atoms. The van der Waals surface area contributed by atoms with Crippen molar-refractivity contribution < 1.29 is 19.1 Å². The maximum absolute atomic E-state index is 13.6. The zero-order valence-electron chi connectivity index (χ0n) is 11.1. The van der Waals surface area contributed by atoms with Crippen molar-refractivity contribution in [3.8, 4) is 0 Å². The predicted octanol–water partition coefficient (Wildman–Crippen LogP) is 2.87. The van der Waals surface area contributed by atoms with Crippen molar-refractivity contribution >= 4 is 41.3 Å². The highest BCUT2D eigenvalue weighted by Crippen LogP contribution is 2.29. The van der Waals surface area contributed by atoms with E-state index in [1.807, 2.05) is 0 Å². The molecule has 112 valence electrons. The van der Waals surface area contributed by atoms with Crippen LogP contribution < -0.4 is 0 Å². The number of benzene rings is 1. The molecule has 0 spiro atoms. The molecule has 7 heteroatoms. The second-order valence-corrected chi connectivity index (χ2v) is 6.26. The van der Waals surface area contributed by atoms with Gasteiger partial charge in [-0.2, -0.15) is 0 Å². The fourth-order valence-electron chi connectivity index (χ4n) is 2.08. The van der Waals surface area contributed by atoms with Crippen LogP contribution in [-0.2, 0) is 9.59 Å². The molecule has 1 aliphatic heterocycles. The van der Waals surface area contributed by atoms with E-state index >= 15 is 0 Å². The molecule has 1 amide bonds. The van der Waals surface area contributed by atoms with Crippen molar-refractivity contribution in [3.05, 3.63) is 40.7 Å². The van der Waals surface area contributed by atoms with Gasteiger partial charge in [0.15, 0.2) is 0 Å². The highest BCUT2D eigenvalue weighted by Gasteiger charge is 2.38. The molecule has 2 rings (SSSR count). The first-order chi connectivity index (χ1) is 9.91. The van der Waals surface area contributed by atoms with Crippen LogP contribution in [0.5, 0.6) is 0 Å². The summed E-state index contributed by atoms with van der Waals surface area (Å²) in [5.74, 6) is -1.71. The van der Waals surface area contributed by atoms with Crippen molar-refractivity contribution in [2.45, 2.75) is 18.3 Å². The lowest BCUT2D eigenvalue weighted by Crippen LogP contribution is -2.43. The van der Waals surface area contributed by atoms with Gasteiger partial charge in [-0.25, -0.2) is 9.18 Å². The first kappa shape index (κ1) is 15.9. The molecule has 1 aromatic carbocycles.